The van der Waals surface area contributed by atoms with E-state index in [4.69, 9.17) is 9.47 Å². The van der Waals surface area contributed by atoms with E-state index in [0.29, 0.717) is 26.1 Å². The third-order valence-electron chi connectivity index (χ3n) is 4.19. The Hall–Kier alpha value is -0.630. The fourth-order valence-electron chi connectivity index (χ4n) is 3.35. The van der Waals surface area contributed by atoms with Crippen LogP contribution in [0.25, 0.3) is 0 Å². The number of thiophene rings is 1. The second-order valence-corrected chi connectivity index (χ2v) is 9.74. The molecule has 1 aromatic rings. The molecule has 3 rings (SSSR count). The van der Waals surface area contributed by atoms with Gasteiger partial charge in [0.2, 0.25) is 0 Å². The van der Waals surface area contributed by atoms with E-state index in [0.717, 1.165) is 8.66 Å². The van der Waals surface area contributed by atoms with Gasteiger partial charge in [0.1, 0.15) is 11.2 Å². The summed E-state index contributed by atoms with van der Waals surface area (Å²) in [4.78, 5) is 15.2. The van der Waals surface area contributed by atoms with Crippen molar-refractivity contribution in [2.24, 2.45) is 0 Å². The molecule has 2 unspecified atom stereocenters. The second kappa shape index (κ2) is 6.02. The third kappa shape index (κ3) is 3.57. The Labute approximate surface area is 148 Å². The summed E-state index contributed by atoms with van der Waals surface area (Å²) in [5.41, 5.74) is -1.44. The van der Waals surface area contributed by atoms with Crippen LogP contribution in [0.15, 0.2) is 15.9 Å². The highest BCUT2D eigenvalue weighted by Crippen LogP contribution is 2.44. The fraction of sp³-hybridized carbons (Fsp3) is 0.688. The van der Waals surface area contributed by atoms with Crippen molar-refractivity contribution in [2.75, 3.05) is 13.2 Å². The predicted molar refractivity (Wildman–Crippen MR) is 91.6 cm³/mol. The molecular formula is C16H22BrNO4S. The first-order valence-electron chi connectivity index (χ1n) is 7.75. The Balaban J connectivity index is 1.82. The van der Waals surface area contributed by atoms with Crippen LogP contribution in [0.3, 0.4) is 0 Å². The van der Waals surface area contributed by atoms with Crippen molar-refractivity contribution in [3.05, 3.63) is 20.8 Å². The number of morpholine rings is 1. The quantitative estimate of drug-likeness (QED) is 0.779. The number of carbonyl (C=O) groups is 1. The number of piperidine rings is 1. The highest BCUT2D eigenvalue weighted by Gasteiger charge is 2.50. The molecule has 2 saturated heterocycles. The van der Waals surface area contributed by atoms with Crippen LogP contribution >= 0.6 is 27.3 Å². The fourth-order valence-corrected chi connectivity index (χ4v) is 4.85. The number of amides is 1. The van der Waals surface area contributed by atoms with Crippen LogP contribution in [-0.4, -0.2) is 47.0 Å². The Morgan fingerprint density at radius 3 is 2.48 bits per heavy atom. The number of fused-ring (bicyclic) bond motifs is 2. The molecule has 7 heteroatoms. The summed E-state index contributed by atoms with van der Waals surface area (Å²) < 4.78 is 12.1. The molecular weight excluding hydrogens is 382 g/mol. The van der Waals surface area contributed by atoms with Gasteiger partial charge in [-0.25, -0.2) is 4.79 Å². The number of hydrogen-bond donors (Lipinski definition) is 1. The number of rotatable bonds is 1. The van der Waals surface area contributed by atoms with Gasteiger partial charge in [-0.2, -0.15) is 0 Å². The minimum absolute atomic E-state index is 0.164. The standard InChI is InChI=1S/C16H22BrNO4S/c1-15(2,3)22-14(19)18-10-6-16(20,7-11(18)9-21-8-10)12-4-5-13(17)23-12/h4-5,10-11,20H,6-9H2,1-3H3. The Bertz CT molecular complexity index is 583. The van der Waals surface area contributed by atoms with Crippen LogP contribution in [0.4, 0.5) is 4.79 Å². The van der Waals surface area contributed by atoms with E-state index in [-0.39, 0.29) is 18.2 Å². The molecule has 0 radical (unpaired) electrons. The Morgan fingerprint density at radius 2 is 2.00 bits per heavy atom. The van der Waals surface area contributed by atoms with E-state index < -0.39 is 11.2 Å². The smallest absolute Gasteiger partial charge is 0.410 e. The number of halogens is 1. The summed E-state index contributed by atoms with van der Waals surface area (Å²) in [6.07, 6.45) is 0.621. The predicted octanol–water partition coefficient (Wildman–Crippen LogP) is 3.50. The monoisotopic (exact) mass is 403 g/mol. The average Bonchev–Trinajstić information content (AvgIpc) is 2.83. The molecule has 1 aromatic heterocycles. The number of nitrogens with zero attached hydrogens (tertiary/aromatic N) is 1. The molecule has 2 atom stereocenters. The van der Waals surface area contributed by atoms with Crippen molar-refractivity contribution < 1.29 is 19.4 Å². The van der Waals surface area contributed by atoms with Gasteiger partial charge < -0.3 is 14.6 Å². The lowest BCUT2D eigenvalue weighted by Crippen LogP contribution is -2.63. The third-order valence-corrected chi connectivity index (χ3v) is 6.01. The lowest BCUT2D eigenvalue weighted by atomic mass is 9.80. The van der Waals surface area contributed by atoms with Crippen molar-refractivity contribution in [1.82, 2.24) is 4.90 Å². The van der Waals surface area contributed by atoms with E-state index >= 15 is 0 Å². The van der Waals surface area contributed by atoms with Crippen LogP contribution < -0.4 is 0 Å². The second-order valence-electron chi connectivity index (χ2n) is 7.28. The molecule has 23 heavy (non-hydrogen) atoms. The summed E-state index contributed by atoms with van der Waals surface area (Å²) >= 11 is 4.99. The lowest BCUT2D eigenvalue weighted by Gasteiger charge is -2.51. The number of aliphatic hydroxyl groups is 1. The zero-order chi connectivity index (χ0) is 16.8. The molecule has 0 aliphatic carbocycles. The van der Waals surface area contributed by atoms with Gasteiger partial charge in [-0.05, 0) is 48.8 Å². The maximum absolute atomic E-state index is 12.5. The maximum Gasteiger partial charge on any atom is 0.410 e. The molecule has 3 heterocycles. The van der Waals surface area contributed by atoms with Crippen molar-refractivity contribution in [2.45, 2.75) is 56.9 Å². The van der Waals surface area contributed by atoms with E-state index in [1.807, 2.05) is 32.9 Å². The summed E-state index contributed by atoms with van der Waals surface area (Å²) in [6, 6.07) is 3.57. The summed E-state index contributed by atoms with van der Waals surface area (Å²) in [5, 5.41) is 11.1. The van der Waals surface area contributed by atoms with Crippen molar-refractivity contribution in [1.29, 1.82) is 0 Å². The van der Waals surface area contributed by atoms with Gasteiger partial charge in [-0.3, -0.25) is 4.90 Å². The van der Waals surface area contributed by atoms with E-state index in [1.54, 1.807) is 16.2 Å². The van der Waals surface area contributed by atoms with Gasteiger partial charge in [0.05, 0.1) is 29.1 Å². The number of carbonyl (C=O) groups excluding carboxylic acids is 1. The molecule has 2 bridgehead atoms. The summed E-state index contributed by atoms with van der Waals surface area (Å²) in [7, 11) is 0. The van der Waals surface area contributed by atoms with Gasteiger partial charge in [-0.15, -0.1) is 11.3 Å². The molecule has 1 N–H and O–H groups in total. The topological polar surface area (TPSA) is 59.0 Å². The molecule has 2 aliphatic heterocycles. The molecule has 0 spiro atoms. The van der Waals surface area contributed by atoms with Crippen LogP contribution in [0.5, 0.6) is 0 Å². The lowest BCUT2D eigenvalue weighted by molar-refractivity contribution is -0.140. The molecule has 2 fully saturated rings. The van der Waals surface area contributed by atoms with Gasteiger partial charge in [0.15, 0.2) is 0 Å². The first kappa shape index (κ1) is 17.2. The molecule has 0 aromatic carbocycles. The SMILES string of the molecule is CC(C)(C)OC(=O)N1C2COCC1CC(O)(c1ccc(Br)s1)C2. The molecule has 2 aliphatic rings. The minimum atomic E-state index is -0.908. The zero-order valence-corrected chi connectivity index (χ0v) is 15.9. The van der Waals surface area contributed by atoms with Gasteiger partial charge in [-0.1, -0.05) is 0 Å². The van der Waals surface area contributed by atoms with Gasteiger partial charge in [0, 0.05) is 17.7 Å². The van der Waals surface area contributed by atoms with Crippen LogP contribution in [0.2, 0.25) is 0 Å². The van der Waals surface area contributed by atoms with Crippen molar-refractivity contribution >= 4 is 33.4 Å². The summed E-state index contributed by atoms with van der Waals surface area (Å²) in [6.45, 7) is 6.46. The number of hydrogen-bond acceptors (Lipinski definition) is 5. The molecule has 128 valence electrons. The van der Waals surface area contributed by atoms with Gasteiger partial charge in [0.25, 0.3) is 0 Å². The van der Waals surface area contributed by atoms with Crippen LogP contribution in [0, 0.1) is 0 Å². The van der Waals surface area contributed by atoms with E-state index in [1.165, 1.54) is 0 Å². The van der Waals surface area contributed by atoms with Crippen molar-refractivity contribution in [3.63, 3.8) is 0 Å². The largest absolute Gasteiger partial charge is 0.444 e. The normalized spacial score (nSPS) is 31.1. The highest BCUT2D eigenvalue weighted by atomic mass is 79.9. The van der Waals surface area contributed by atoms with Crippen LogP contribution in [0.1, 0.15) is 38.5 Å². The summed E-state index contributed by atoms with van der Waals surface area (Å²) in [5.74, 6) is 0. The average molecular weight is 404 g/mol. The number of ether oxygens (including phenoxy) is 2. The minimum Gasteiger partial charge on any atom is -0.444 e. The molecule has 0 saturated carbocycles. The van der Waals surface area contributed by atoms with E-state index in [9.17, 15) is 9.90 Å². The van der Waals surface area contributed by atoms with E-state index in [2.05, 4.69) is 15.9 Å². The van der Waals surface area contributed by atoms with Crippen LogP contribution in [-0.2, 0) is 15.1 Å². The Morgan fingerprint density at radius 1 is 1.39 bits per heavy atom. The first-order valence-corrected chi connectivity index (χ1v) is 9.36. The first-order chi connectivity index (χ1) is 10.7. The van der Waals surface area contributed by atoms with Crippen molar-refractivity contribution in [3.8, 4) is 0 Å². The molecule has 5 nitrogen and oxygen atoms in total. The van der Waals surface area contributed by atoms with Gasteiger partial charge >= 0.3 is 6.09 Å². The maximum atomic E-state index is 12.5. The highest BCUT2D eigenvalue weighted by molar-refractivity contribution is 9.11. The molecule has 1 amide bonds. The zero-order valence-electron chi connectivity index (χ0n) is 13.5. The Kier molecular flexibility index (Phi) is 4.50.